The normalized spacial score (nSPS) is 23.2. The summed E-state index contributed by atoms with van der Waals surface area (Å²) in [6.45, 7) is 2.49. The van der Waals surface area contributed by atoms with Crippen molar-refractivity contribution in [2.75, 3.05) is 32.4 Å². The smallest absolute Gasteiger partial charge is 0.261 e. The van der Waals surface area contributed by atoms with E-state index in [0.717, 1.165) is 19.5 Å². The first-order valence-electron chi connectivity index (χ1n) is 8.48. The van der Waals surface area contributed by atoms with E-state index < -0.39 is 6.10 Å². The number of carbonyl (C=O) groups excluding carboxylic acids is 2. The van der Waals surface area contributed by atoms with E-state index in [0.29, 0.717) is 22.9 Å². The summed E-state index contributed by atoms with van der Waals surface area (Å²) in [5, 5.41) is 11.0. The molecule has 1 saturated heterocycles. The fraction of sp³-hybridized carbons (Fsp3) is 0.556. The zero-order chi connectivity index (χ0) is 17.1. The SMILES string of the molecule is CSC1CCCCN(CC(O)CN2C(=O)c3ccccc3C2=O)C1. The monoisotopic (exact) mass is 348 g/mol. The molecule has 1 fully saturated rings. The number of imide groups is 1. The van der Waals surface area contributed by atoms with Gasteiger partial charge in [0.2, 0.25) is 0 Å². The average Bonchev–Trinajstić information content (AvgIpc) is 2.75. The Bertz CT molecular complexity index is 587. The topological polar surface area (TPSA) is 60.9 Å². The lowest BCUT2D eigenvalue weighted by Gasteiger charge is -2.27. The van der Waals surface area contributed by atoms with Gasteiger partial charge in [0.15, 0.2) is 0 Å². The van der Waals surface area contributed by atoms with E-state index in [-0.39, 0.29) is 18.4 Å². The molecule has 1 N–H and O–H groups in total. The minimum absolute atomic E-state index is 0.0623. The summed E-state index contributed by atoms with van der Waals surface area (Å²) in [4.78, 5) is 28.2. The van der Waals surface area contributed by atoms with Crippen LogP contribution < -0.4 is 0 Å². The fourth-order valence-corrected chi connectivity index (χ4v) is 4.27. The number of fused-ring (bicyclic) bond motifs is 1. The summed E-state index contributed by atoms with van der Waals surface area (Å²) in [5.41, 5.74) is 0.874. The predicted molar refractivity (Wildman–Crippen MR) is 95.4 cm³/mol. The molecule has 3 rings (SSSR count). The highest BCUT2D eigenvalue weighted by Crippen LogP contribution is 2.23. The van der Waals surface area contributed by atoms with Gasteiger partial charge in [0.05, 0.1) is 23.8 Å². The molecule has 0 spiro atoms. The van der Waals surface area contributed by atoms with Gasteiger partial charge in [0.1, 0.15) is 0 Å². The van der Waals surface area contributed by atoms with Gasteiger partial charge in [-0.25, -0.2) is 0 Å². The molecule has 2 aliphatic heterocycles. The largest absolute Gasteiger partial charge is 0.390 e. The zero-order valence-corrected chi connectivity index (χ0v) is 14.8. The van der Waals surface area contributed by atoms with Gasteiger partial charge in [0.25, 0.3) is 11.8 Å². The number of hydrogen-bond acceptors (Lipinski definition) is 5. The second kappa shape index (κ2) is 7.68. The minimum Gasteiger partial charge on any atom is -0.390 e. The molecule has 6 heteroatoms. The van der Waals surface area contributed by atoms with E-state index in [1.165, 1.54) is 17.7 Å². The van der Waals surface area contributed by atoms with E-state index in [4.69, 9.17) is 0 Å². The highest BCUT2D eigenvalue weighted by atomic mass is 32.2. The van der Waals surface area contributed by atoms with Gasteiger partial charge >= 0.3 is 0 Å². The van der Waals surface area contributed by atoms with Crippen molar-refractivity contribution in [3.05, 3.63) is 35.4 Å². The van der Waals surface area contributed by atoms with Gasteiger partial charge in [-0.05, 0) is 37.8 Å². The number of likely N-dealkylation sites (tertiary alicyclic amines) is 1. The molecule has 130 valence electrons. The zero-order valence-electron chi connectivity index (χ0n) is 14.0. The summed E-state index contributed by atoms with van der Waals surface area (Å²) in [5.74, 6) is -0.597. The average molecular weight is 348 g/mol. The third kappa shape index (κ3) is 3.66. The number of thioether (sulfide) groups is 1. The van der Waals surface area contributed by atoms with Crippen molar-refractivity contribution in [2.24, 2.45) is 0 Å². The molecule has 5 nitrogen and oxygen atoms in total. The summed E-state index contributed by atoms with van der Waals surface area (Å²) >= 11 is 1.87. The summed E-state index contributed by atoms with van der Waals surface area (Å²) in [6, 6.07) is 6.84. The van der Waals surface area contributed by atoms with Crippen LogP contribution in [0.1, 0.15) is 40.0 Å². The van der Waals surface area contributed by atoms with Gasteiger partial charge in [-0.1, -0.05) is 18.6 Å². The molecule has 2 heterocycles. The molecule has 0 aromatic heterocycles. The predicted octanol–water partition coefficient (Wildman–Crippen LogP) is 1.86. The molecule has 0 radical (unpaired) electrons. The second-order valence-electron chi connectivity index (χ2n) is 6.53. The van der Waals surface area contributed by atoms with Gasteiger partial charge in [-0.2, -0.15) is 11.8 Å². The Morgan fingerprint density at radius 2 is 1.83 bits per heavy atom. The number of aliphatic hydroxyl groups excluding tert-OH is 1. The Labute approximate surface area is 147 Å². The lowest BCUT2D eigenvalue weighted by molar-refractivity contribution is 0.0477. The molecule has 24 heavy (non-hydrogen) atoms. The molecule has 2 aliphatic rings. The van der Waals surface area contributed by atoms with E-state index in [9.17, 15) is 14.7 Å². The summed E-state index contributed by atoms with van der Waals surface area (Å²) < 4.78 is 0. The van der Waals surface area contributed by atoms with Crippen LogP contribution in [-0.2, 0) is 0 Å². The van der Waals surface area contributed by atoms with Crippen molar-refractivity contribution in [1.29, 1.82) is 0 Å². The quantitative estimate of drug-likeness (QED) is 0.823. The molecule has 1 aromatic rings. The maximum atomic E-state index is 12.4. The third-order valence-electron chi connectivity index (χ3n) is 4.79. The molecular weight excluding hydrogens is 324 g/mol. The van der Waals surface area contributed by atoms with Crippen LogP contribution >= 0.6 is 11.8 Å². The first-order chi connectivity index (χ1) is 11.6. The highest BCUT2D eigenvalue weighted by molar-refractivity contribution is 7.99. The minimum atomic E-state index is -0.715. The number of hydrogen-bond donors (Lipinski definition) is 1. The highest BCUT2D eigenvalue weighted by Gasteiger charge is 2.36. The van der Waals surface area contributed by atoms with E-state index in [2.05, 4.69) is 11.2 Å². The Hall–Kier alpha value is -1.37. The number of aliphatic hydroxyl groups is 1. The number of amides is 2. The molecule has 1 aromatic carbocycles. The van der Waals surface area contributed by atoms with Crippen molar-refractivity contribution >= 4 is 23.6 Å². The van der Waals surface area contributed by atoms with E-state index >= 15 is 0 Å². The van der Waals surface area contributed by atoms with Crippen LogP contribution in [0.5, 0.6) is 0 Å². The molecule has 0 saturated carbocycles. The molecular formula is C18H24N2O3S. The van der Waals surface area contributed by atoms with Crippen LogP contribution in [0, 0.1) is 0 Å². The van der Waals surface area contributed by atoms with Crippen LogP contribution in [0.2, 0.25) is 0 Å². The first-order valence-corrected chi connectivity index (χ1v) is 9.77. The van der Waals surface area contributed by atoms with Crippen molar-refractivity contribution in [1.82, 2.24) is 9.80 Å². The number of β-amino-alcohol motifs (C(OH)–C–C–N with tert-alkyl or cyclic N) is 1. The Morgan fingerprint density at radius 3 is 2.46 bits per heavy atom. The molecule has 0 bridgehead atoms. The van der Waals surface area contributed by atoms with E-state index in [1.54, 1.807) is 24.3 Å². The lowest BCUT2D eigenvalue weighted by Crippen LogP contribution is -2.43. The maximum Gasteiger partial charge on any atom is 0.261 e. The van der Waals surface area contributed by atoms with Crippen LogP contribution in [0.3, 0.4) is 0 Å². The van der Waals surface area contributed by atoms with Crippen LogP contribution in [-0.4, -0.2) is 70.5 Å². The van der Waals surface area contributed by atoms with E-state index in [1.807, 2.05) is 11.8 Å². The van der Waals surface area contributed by atoms with Crippen LogP contribution in [0.25, 0.3) is 0 Å². The van der Waals surface area contributed by atoms with Gasteiger partial charge in [0, 0.05) is 18.3 Å². The van der Waals surface area contributed by atoms with Crippen LogP contribution in [0.15, 0.2) is 24.3 Å². The lowest BCUT2D eigenvalue weighted by atomic mass is 10.1. The molecule has 0 aliphatic carbocycles. The molecule has 2 amide bonds. The summed E-state index contributed by atoms with van der Waals surface area (Å²) in [6.07, 6.45) is 4.98. The van der Waals surface area contributed by atoms with Gasteiger partial charge in [-0.15, -0.1) is 0 Å². The third-order valence-corrected chi connectivity index (χ3v) is 5.84. The molecule has 2 atom stereocenters. The van der Waals surface area contributed by atoms with Crippen molar-refractivity contribution in [3.63, 3.8) is 0 Å². The molecule has 2 unspecified atom stereocenters. The number of rotatable bonds is 5. The van der Waals surface area contributed by atoms with Crippen molar-refractivity contribution < 1.29 is 14.7 Å². The Balaban J connectivity index is 1.60. The maximum absolute atomic E-state index is 12.4. The van der Waals surface area contributed by atoms with Gasteiger partial charge < -0.3 is 5.11 Å². The van der Waals surface area contributed by atoms with Crippen molar-refractivity contribution in [3.8, 4) is 0 Å². The van der Waals surface area contributed by atoms with Crippen molar-refractivity contribution in [2.45, 2.75) is 30.6 Å². The van der Waals surface area contributed by atoms with Crippen LogP contribution in [0.4, 0.5) is 0 Å². The number of carbonyl (C=O) groups is 2. The fourth-order valence-electron chi connectivity index (χ4n) is 3.51. The standard InChI is InChI=1S/C18H24N2O3S/c1-24-14-6-4-5-9-19(12-14)10-13(21)11-20-17(22)15-7-2-3-8-16(15)18(20)23/h2-3,7-8,13-14,21H,4-6,9-12H2,1H3. The summed E-state index contributed by atoms with van der Waals surface area (Å²) in [7, 11) is 0. The van der Waals surface area contributed by atoms with Gasteiger partial charge in [-0.3, -0.25) is 19.4 Å². The Morgan fingerprint density at radius 1 is 1.17 bits per heavy atom. The number of benzene rings is 1. The Kier molecular flexibility index (Phi) is 5.58. The second-order valence-corrected chi connectivity index (χ2v) is 7.67. The number of nitrogens with zero attached hydrogens (tertiary/aromatic N) is 2. The first kappa shape index (κ1) is 17.5.